The number of hydrogen-bond acceptors (Lipinski definition) is 6. The zero-order valence-corrected chi connectivity index (χ0v) is 9.91. The third kappa shape index (κ3) is 2.27. The van der Waals surface area contributed by atoms with Crippen LogP contribution < -0.4 is 10.5 Å². The molecule has 0 aliphatic heterocycles. The minimum atomic E-state index is 0.180. The van der Waals surface area contributed by atoms with Crippen molar-refractivity contribution in [1.82, 2.24) is 15.0 Å². The molecule has 2 aromatic heterocycles. The summed E-state index contributed by atoms with van der Waals surface area (Å²) in [7, 11) is 0. The van der Waals surface area contributed by atoms with Gasteiger partial charge in [-0.15, -0.1) is 11.3 Å². The molecule has 0 aliphatic carbocycles. The summed E-state index contributed by atoms with van der Waals surface area (Å²) in [6.45, 7) is 4.41. The number of nitrogens with two attached hydrogens (primary N) is 1. The van der Waals surface area contributed by atoms with Crippen LogP contribution in [-0.4, -0.2) is 21.6 Å². The molecule has 0 aromatic carbocycles. The van der Waals surface area contributed by atoms with Crippen molar-refractivity contribution < 1.29 is 4.74 Å². The van der Waals surface area contributed by atoms with Crippen molar-refractivity contribution in [3.05, 3.63) is 17.0 Å². The first-order valence-corrected chi connectivity index (χ1v) is 5.72. The summed E-state index contributed by atoms with van der Waals surface area (Å²) in [4.78, 5) is 14.3. The van der Waals surface area contributed by atoms with Gasteiger partial charge in [0.1, 0.15) is 0 Å². The quantitative estimate of drug-likeness (QED) is 0.880. The largest absolute Gasteiger partial charge is 0.464 e. The second-order valence-electron chi connectivity index (χ2n) is 3.14. The maximum atomic E-state index is 5.60. The highest BCUT2D eigenvalue weighted by molar-refractivity contribution is 7.15. The van der Waals surface area contributed by atoms with Gasteiger partial charge in [-0.25, -0.2) is 0 Å². The lowest BCUT2D eigenvalue weighted by Crippen LogP contribution is -2.04. The Balaban J connectivity index is 2.40. The van der Waals surface area contributed by atoms with Gasteiger partial charge in [-0.3, -0.25) is 0 Å². The number of anilines is 1. The normalized spacial score (nSPS) is 10.4. The predicted molar refractivity (Wildman–Crippen MR) is 63.5 cm³/mol. The SMILES string of the molecule is CCOc1nc(N)nc(-c2ccc(C)s2)n1. The molecule has 0 atom stereocenters. The highest BCUT2D eigenvalue weighted by Crippen LogP contribution is 2.25. The molecule has 2 rings (SSSR count). The van der Waals surface area contributed by atoms with Gasteiger partial charge in [0.2, 0.25) is 5.95 Å². The van der Waals surface area contributed by atoms with Crippen LogP contribution in [0.25, 0.3) is 10.7 Å². The summed E-state index contributed by atoms with van der Waals surface area (Å²) < 4.78 is 5.22. The van der Waals surface area contributed by atoms with Crippen molar-refractivity contribution in [2.75, 3.05) is 12.3 Å². The number of ether oxygens (including phenoxy) is 1. The summed E-state index contributed by atoms with van der Waals surface area (Å²) in [6.07, 6.45) is 0. The summed E-state index contributed by atoms with van der Waals surface area (Å²) in [6, 6.07) is 4.25. The Hall–Kier alpha value is -1.69. The molecule has 2 aromatic rings. The third-order valence-electron chi connectivity index (χ3n) is 1.87. The van der Waals surface area contributed by atoms with E-state index in [-0.39, 0.29) is 12.0 Å². The lowest BCUT2D eigenvalue weighted by atomic mass is 10.4. The molecular formula is C10H12N4OS. The number of nitrogens with zero attached hydrogens (tertiary/aromatic N) is 3. The fourth-order valence-corrected chi connectivity index (χ4v) is 2.03. The standard InChI is InChI=1S/C10H12N4OS/c1-3-15-10-13-8(12-9(11)14-10)7-5-4-6(2)16-7/h4-5H,3H2,1-2H3,(H2,11,12,13,14). The molecule has 5 nitrogen and oxygen atoms in total. The second-order valence-corrected chi connectivity index (χ2v) is 4.43. The van der Waals surface area contributed by atoms with Crippen LogP contribution in [0, 0.1) is 6.92 Å². The number of aryl methyl sites for hydroxylation is 1. The van der Waals surface area contributed by atoms with Crippen LogP contribution in [0.3, 0.4) is 0 Å². The molecule has 0 bridgehead atoms. The van der Waals surface area contributed by atoms with E-state index < -0.39 is 0 Å². The van der Waals surface area contributed by atoms with E-state index >= 15 is 0 Å². The van der Waals surface area contributed by atoms with Gasteiger partial charge >= 0.3 is 6.01 Å². The van der Waals surface area contributed by atoms with Crippen molar-refractivity contribution in [1.29, 1.82) is 0 Å². The molecule has 0 spiro atoms. The van der Waals surface area contributed by atoms with Crippen LogP contribution in [0.1, 0.15) is 11.8 Å². The molecule has 0 unspecified atom stereocenters. The smallest absolute Gasteiger partial charge is 0.321 e. The van der Waals surface area contributed by atoms with E-state index in [4.69, 9.17) is 10.5 Å². The van der Waals surface area contributed by atoms with Crippen molar-refractivity contribution in [3.8, 4) is 16.7 Å². The van der Waals surface area contributed by atoms with E-state index in [0.29, 0.717) is 12.4 Å². The second kappa shape index (κ2) is 4.44. The molecule has 0 radical (unpaired) electrons. The summed E-state index contributed by atoms with van der Waals surface area (Å²) in [5.74, 6) is 0.744. The Labute approximate surface area is 97.3 Å². The average Bonchev–Trinajstić information content (AvgIpc) is 2.64. The number of hydrogen-bond donors (Lipinski definition) is 1. The van der Waals surface area contributed by atoms with Crippen molar-refractivity contribution in [2.24, 2.45) is 0 Å². The van der Waals surface area contributed by atoms with E-state index in [9.17, 15) is 0 Å². The molecule has 0 saturated carbocycles. The van der Waals surface area contributed by atoms with E-state index in [0.717, 1.165) is 4.88 Å². The van der Waals surface area contributed by atoms with Crippen LogP contribution in [-0.2, 0) is 0 Å². The van der Waals surface area contributed by atoms with Gasteiger partial charge in [-0.1, -0.05) is 0 Å². The van der Waals surface area contributed by atoms with Crippen LogP contribution >= 0.6 is 11.3 Å². The summed E-state index contributed by atoms with van der Waals surface area (Å²) in [5.41, 5.74) is 5.60. The van der Waals surface area contributed by atoms with Crippen LogP contribution in [0.5, 0.6) is 6.01 Å². The molecule has 16 heavy (non-hydrogen) atoms. The van der Waals surface area contributed by atoms with Crippen molar-refractivity contribution in [2.45, 2.75) is 13.8 Å². The van der Waals surface area contributed by atoms with Gasteiger partial charge < -0.3 is 10.5 Å². The number of aromatic nitrogens is 3. The van der Waals surface area contributed by atoms with Crippen LogP contribution in [0.15, 0.2) is 12.1 Å². The topological polar surface area (TPSA) is 73.9 Å². The Morgan fingerprint density at radius 1 is 1.31 bits per heavy atom. The third-order valence-corrected chi connectivity index (χ3v) is 2.86. The number of nitrogen functional groups attached to an aromatic ring is 1. The van der Waals surface area contributed by atoms with Gasteiger partial charge in [0, 0.05) is 4.88 Å². The highest BCUT2D eigenvalue weighted by Gasteiger charge is 2.08. The number of thiophene rings is 1. The monoisotopic (exact) mass is 236 g/mol. The van der Waals surface area contributed by atoms with Gasteiger partial charge in [0.15, 0.2) is 5.82 Å². The summed E-state index contributed by atoms with van der Waals surface area (Å²) >= 11 is 1.61. The minimum Gasteiger partial charge on any atom is -0.464 e. The Kier molecular flexibility index (Phi) is 3.00. The molecule has 0 saturated heterocycles. The molecule has 6 heteroatoms. The van der Waals surface area contributed by atoms with E-state index in [1.165, 1.54) is 4.88 Å². The van der Waals surface area contributed by atoms with Gasteiger partial charge in [0.05, 0.1) is 11.5 Å². The molecule has 84 valence electrons. The van der Waals surface area contributed by atoms with Gasteiger partial charge in [0.25, 0.3) is 0 Å². The Bertz CT molecular complexity index is 497. The first kappa shape index (κ1) is 10.8. The molecule has 0 fully saturated rings. The van der Waals surface area contributed by atoms with Gasteiger partial charge in [-0.2, -0.15) is 15.0 Å². The minimum absolute atomic E-state index is 0.180. The molecule has 2 N–H and O–H groups in total. The zero-order chi connectivity index (χ0) is 11.5. The van der Waals surface area contributed by atoms with Gasteiger partial charge in [-0.05, 0) is 26.0 Å². The highest BCUT2D eigenvalue weighted by atomic mass is 32.1. The van der Waals surface area contributed by atoms with Crippen molar-refractivity contribution >= 4 is 17.3 Å². The predicted octanol–water partition coefficient (Wildman–Crippen LogP) is 1.89. The molecule has 0 amide bonds. The van der Waals surface area contributed by atoms with E-state index in [1.807, 2.05) is 26.0 Å². The average molecular weight is 236 g/mol. The lowest BCUT2D eigenvalue weighted by Gasteiger charge is -2.03. The number of rotatable bonds is 3. The fourth-order valence-electron chi connectivity index (χ4n) is 1.23. The van der Waals surface area contributed by atoms with Crippen LogP contribution in [0.4, 0.5) is 5.95 Å². The molecule has 2 heterocycles. The zero-order valence-electron chi connectivity index (χ0n) is 9.10. The first-order chi connectivity index (χ1) is 7.69. The fraction of sp³-hybridized carbons (Fsp3) is 0.300. The Morgan fingerprint density at radius 2 is 2.12 bits per heavy atom. The van der Waals surface area contributed by atoms with Crippen LogP contribution in [0.2, 0.25) is 0 Å². The molecule has 0 aliphatic rings. The van der Waals surface area contributed by atoms with E-state index in [1.54, 1.807) is 11.3 Å². The maximum absolute atomic E-state index is 5.60. The first-order valence-electron chi connectivity index (χ1n) is 4.90. The maximum Gasteiger partial charge on any atom is 0.321 e. The van der Waals surface area contributed by atoms with Crippen molar-refractivity contribution in [3.63, 3.8) is 0 Å². The van der Waals surface area contributed by atoms with E-state index in [2.05, 4.69) is 15.0 Å². The lowest BCUT2D eigenvalue weighted by molar-refractivity contribution is 0.312. The summed E-state index contributed by atoms with van der Waals surface area (Å²) in [5, 5.41) is 0. The Morgan fingerprint density at radius 3 is 2.75 bits per heavy atom. The molecular weight excluding hydrogens is 224 g/mol.